The topological polar surface area (TPSA) is 20.2 Å². The maximum Gasteiger partial charge on any atom is 0.0465 e. The molecular weight excluding hydrogens is 112 g/mol. The van der Waals surface area contributed by atoms with Gasteiger partial charge in [0.15, 0.2) is 0 Å². The molecule has 2 aliphatic rings. The Morgan fingerprint density at radius 1 is 1.33 bits per heavy atom. The standard InChI is InChI=1S/C8H12O/c9-5-8-4-6-1-2-7(8)3-6/h1-2,6-9H,3-5H2/t6-,7-,8-/m0/s1. The predicted octanol–water partition coefficient (Wildman–Crippen LogP) is 1.19. The quantitative estimate of drug-likeness (QED) is 0.520. The summed E-state index contributed by atoms with van der Waals surface area (Å²) < 4.78 is 0. The molecule has 0 amide bonds. The van der Waals surface area contributed by atoms with Crippen molar-refractivity contribution >= 4 is 0 Å². The minimum atomic E-state index is 0.394. The van der Waals surface area contributed by atoms with Gasteiger partial charge in [-0.1, -0.05) is 12.2 Å². The van der Waals surface area contributed by atoms with Crippen molar-refractivity contribution in [3.8, 4) is 0 Å². The second kappa shape index (κ2) is 1.84. The highest BCUT2D eigenvalue weighted by atomic mass is 16.3. The van der Waals surface area contributed by atoms with Crippen molar-refractivity contribution in [3.63, 3.8) is 0 Å². The predicted molar refractivity (Wildman–Crippen MR) is 35.9 cm³/mol. The van der Waals surface area contributed by atoms with E-state index in [1.165, 1.54) is 12.8 Å². The molecular formula is C8H12O. The second-order valence-electron chi connectivity index (χ2n) is 3.22. The Hall–Kier alpha value is -0.300. The molecule has 1 saturated carbocycles. The van der Waals surface area contributed by atoms with Crippen LogP contribution in [0.25, 0.3) is 0 Å². The van der Waals surface area contributed by atoms with E-state index in [0.29, 0.717) is 12.5 Å². The van der Waals surface area contributed by atoms with E-state index in [9.17, 15) is 0 Å². The fourth-order valence-corrected chi connectivity index (χ4v) is 2.10. The smallest absolute Gasteiger partial charge is 0.0465 e. The van der Waals surface area contributed by atoms with Crippen LogP contribution in [0.15, 0.2) is 12.2 Å². The van der Waals surface area contributed by atoms with Gasteiger partial charge in [-0.15, -0.1) is 0 Å². The summed E-state index contributed by atoms with van der Waals surface area (Å²) in [4.78, 5) is 0. The van der Waals surface area contributed by atoms with E-state index in [2.05, 4.69) is 12.2 Å². The normalized spacial score (nSPS) is 46.6. The highest BCUT2D eigenvalue weighted by Gasteiger charge is 2.34. The van der Waals surface area contributed by atoms with Crippen LogP contribution in [0.1, 0.15) is 12.8 Å². The lowest BCUT2D eigenvalue weighted by molar-refractivity contribution is 0.207. The molecule has 0 heterocycles. The fraction of sp³-hybridized carbons (Fsp3) is 0.750. The zero-order chi connectivity index (χ0) is 6.27. The third-order valence-corrected chi connectivity index (χ3v) is 2.65. The first-order valence-corrected chi connectivity index (χ1v) is 3.69. The van der Waals surface area contributed by atoms with Crippen LogP contribution >= 0.6 is 0 Å². The van der Waals surface area contributed by atoms with Crippen LogP contribution in [0.3, 0.4) is 0 Å². The SMILES string of the molecule is OC[C@@H]1C[C@H]2C=C[C@H]1C2. The van der Waals surface area contributed by atoms with E-state index in [0.717, 1.165) is 11.8 Å². The molecule has 2 rings (SSSR count). The highest BCUT2D eigenvalue weighted by Crippen LogP contribution is 2.42. The third-order valence-electron chi connectivity index (χ3n) is 2.65. The zero-order valence-electron chi connectivity index (χ0n) is 5.46. The number of allylic oxidation sites excluding steroid dienone is 2. The number of fused-ring (bicyclic) bond motifs is 2. The van der Waals surface area contributed by atoms with Gasteiger partial charge in [0, 0.05) is 6.61 Å². The molecule has 0 radical (unpaired) electrons. The van der Waals surface area contributed by atoms with Gasteiger partial charge in [-0.3, -0.25) is 0 Å². The Morgan fingerprint density at radius 3 is 2.56 bits per heavy atom. The molecule has 0 aromatic rings. The lowest BCUT2D eigenvalue weighted by atomic mass is 9.95. The molecule has 0 unspecified atom stereocenters. The van der Waals surface area contributed by atoms with Crippen LogP contribution < -0.4 is 0 Å². The first-order valence-electron chi connectivity index (χ1n) is 3.69. The molecule has 1 fully saturated rings. The average molecular weight is 124 g/mol. The molecule has 1 nitrogen and oxygen atoms in total. The summed E-state index contributed by atoms with van der Waals surface area (Å²) in [5.74, 6) is 2.13. The molecule has 0 spiro atoms. The first kappa shape index (κ1) is 5.48. The van der Waals surface area contributed by atoms with E-state index in [4.69, 9.17) is 5.11 Å². The van der Waals surface area contributed by atoms with E-state index >= 15 is 0 Å². The molecule has 0 aliphatic heterocycles. The highest BCUT2D eigenvalue weighted by molar-refractivity contribution is 5.09. The average Bonchev–Trinajstić information content (AvgIpc) is 2.45. The number of aliphatic hydroxyl groups is 1. The van der Waals surface area contributed by atoms with Gasteiger partial charge in [-0.2, -0.15) is 0 Å². The Kier molecular flexibility index (Phi) is 1.12. The Balaban J connectivity index is 2.10. The summed E-state index contributed by atoms with van der Waals surface area (Å²) in [5, 5.41) is 8.85. The van der Waals surface area contributed by atoms with Crippen molar-refractivity contribution in [1.29, 1.82) is 0 Å². The summed E-state index contributed by atoms with van der Waals surface area (Å²) in [7, 11) is 0. The molecule has 0 aromatic heterocycles. The summed E-state index contributed by atoms with van der Waals surface area (Å²) in [6.45, 7) is 0.394. The third kappa shape index (κ3) is 0.715. The van der Waals surface area contributed by atoms with Crippen molar-refractivity contribution in [2.45, 2.75) is 12.8 Å². The Bertz CT molecular complexity index is 140. The van der Waals surface area contributed by atoms with Crippen LogP contribution in [0.5, 0.6) is 0 Å². The zero-order valence-corrected chi connectivity index (χ0v) is 5.46. The van der Waals surface area contributed by atoms with Gasteiger partial charge in [0.1, 0.15) is 0 Å². The van der Waals surface area contributed by atoms with Crippen LogP contribution in [0.4, 0.5) is 0 Å². The maximum atomic E-state index is 8.85. The number of hydrogen-bond donors (Lipinski definition) is 1. The van der Waals surface area contributed by atoms with Crippen LogP contribution in [0, 0.1) is 17.8 Å². The van der Waals surface area contributed by atoms with Crippen molar-refractivity contribution in [2.24, 2.45) is 17.8 Å². The van der Waals surface area contributed by atoms with Gasteiger partial charge in [0.2, 0.25) is 0 Å². The largest absolute Gasteiger partial charge is 0.396 e. The van der Waals surface area contributed by atoms with Crippen LogP contribution in [0.2, 0.25) is 0 Å². The van der Waals surface area contributed by atoms with Gasteiger partial charge in [-0.05, 0) is 30.6 Å². The maximum absolute atomic E-state index is 8.85. The minimum Gasteiger partial charge on any atom is -0.396 e. The first-order chi connectivity index (χ1) is 4.40. The van der Waals surface area contributed by atoms with E-state index in [-0.39, 0.29) is 0 Å². The summed E-state index contributed by atoms with van der Waals surface area (Å²) in [6, 6.07) is 0. The Labute approximate surface area is 55.4 Å². The number of aliphatic hydroxyl groups excluding tert-OH is 1. The second-order valence-corrected chi connectivity index (χ2v) is 3.22. The van der Waals surface area contributed by atoms with Gasteiger partial charge in [0.25, 0.3) is 0 Å². The van der Waals surface area contributed by atoms with Crippen molar-refractivity contribution in [1.82, 2.24) is 0 Å². The lowest BCUT2D eigenvalue weighted by Gasteiger charge is -2.13. The Morgan fingerprint density at radius 2 is 2.22 bits per heavy atom. The molecule has 2 bridgehead atoms. The molecule has 1 heteroatoms. The lowest BCUT2D eigenvalue weighted by Crippen LogP contribution is -2.10. The van der Waals surface area contributed by atoms with Crippen LogP contribution in [-0.4, -0.2) is 11.7 Å². The summed E-state index contributed by atoms with van der Waals surface area (Å²) >= 11 is 0. The molecule has 0 saturated heterocycles. The molecule has 3 atom stereocenters. The molecule has 2 aliphatic carbocycles. The number of hydrogen-bond acceptors (Lipinski definition) is 1. The van der Waals surface area contributed by atoms with Crippen LogP contribution in [-0.2, 0) is 0 Å². The monoisotopic (exact) mass is 124 g/mol. The summed E-state index contributed by atoms with van der Waals surface area (Å²) in [5.41, 5.74) is 0. The molecule has 9 heavy (non-hydrogen) atoms. The van der Waals surface area contributed by atoms with Gasteiger partial charge in [-0.25, -0.2) is 0 Å². The summed E-state index contributed by atoms with van der Waals surface area (Å²) in [6.07, 6.45) is 7.12. The van der Waals surface area contributed by atoms with Crippen molar-refractivity contribution in [3.05, 3.63) is 12.2 Å². The van der Waals surface area contributed by atoms with E-state index in [1.807, 2.05) is 0 Å². The molecule has 1 N–H and O–H groups in total. The molecule has 50 valence electrons. The van der Waals surface area contributed by atoms with Gasteiger partial charge in [0.05, 0.1) is 0 Å². The fourth-order valence-electron chi connectivity index (χ4n) is 2.10. The minimum absolute atomic E-state index is 0.394. The molecule has 0 aromatic carbocycles. The van der Waals surface area contributed by atoms with Crippen molar-refractivity contribution < 1.29 is 5.11 Å². The van der Waals surface area contributed by atoms with E-state index < -0.39 is 0 Å². The number of rotatable bonds is 1. The van der Waals surface area contributed by atoms with Gasteiger partial charge >= 0.3 is 0 Å². The van der Waals surface area contributed by atoms with Crippen molar-refractivity contribution in [2.75, 3.05) is 6.61 Å². The van der Waals surface area contributed by atoms with E-state index in [1.54, 1.807) is 0 Å². The van der Waals surface area contributed by atoms with Gasteiger partial charge < -0.3 is 5.11 Å².